The van der Waals surface area contributed by atoms with Gasteiger partial charge in [-0.1, -0.05) is 13.3 Å². The van der Waals surface area contributed by atoms with Crippen molar-refractivity contribution in [3.05, 3.63) is 18.0 Å². The SMILES string of the molecule is CC[C@@H]1CN(S(=O)(=O)C(C)C)CC[C@@H]1NCc1cnn(CC)c1. The van der Waals surface area contributed by atoms with Crippen LogP contribution in [0.3, 0.4) is 0 Å². The molecule has 2 rings (SSSR count). The van der Waals surface area contributed by atoms with E-state index in [9.17, 15) is 8.42 Å². The first-order valence-electron chi connectivity index (χ1n) is 8.62. The molecule has 0 unspecified atom stereocenters. The molecule has 23 heavy (non-hydrogen) atoms. The molecule has 1 aliphatic rings. The van der Waals surface area contributed by atoms with E-state index in [1.807, 2.05) is 10.9 Å². The van der Waals surface area contributed by atoms with Gasteiger partial charge in [0.25, 0.3) is 0 Å². The van der Waals surface area contributed by atoms with Crippen molar-refractivity contribution in [2.24, 2.45) is 5.92 Å². The number of rotatable bonds is 7. The van der Waals surface area contributed by atoms with Crippen LogP contribution in [0, 0.1) is 5.92 Å². The molecule has 0 aliphatic carbocycles. The molecular formula is C16H30N4O2S. The molecule has 1 aliphatic heterocycles. The number of aromatic nitrogens is 2. The third-order valence-corrected chi connectivity index (χ3v) is 7.00. The second-order valence-electron chi connectivity index (χ2n) is 6.60. The monoisotopic (exact) mass is 342 g/mol. The van der Waals surface area contributed by atoms with Crippen molar-refractivity contribution in [1.82, 2.24) is 19.4 Å². The Morgan fingerprint density at radius 2 is 2.13 bits per heavy atom. The Bertz CT molecular complexity index is 597. The fourth-order valence-electron chi connectivity index (χ4n) is 3.13. The molecule has 7 heteroatoms. The van der Waals surface area contributed by atoms with E-state index in [0.717, 1.165) is 25.9 Å². The first kappa shape index (κ1) is 18.4. The van der Waals surface area contributed by atoms with Gasteiger partial charge in [0.05, 0.1) is 11.4 Å². The summed E-state index contributed by atoms with van der Waals surface area (Å²) in [4.78, 5) is 0. The fraction of sp³-hybridized carbons (Fsp3) is 0.812. The number of sulfonamides is 1. The number of hydrogen-bond acceptors (Lipinski definition) is 4. The van der Waals surface area contributed by atoms with Gasteiger partial charge in [0, 0.05) is 44.0 Å². The lowest BCUT2D eigenvalue weighted by Crippen LogP contribution is -2.51. The topological polar surface area (TPSA) is 67.2 Å². The predicted octanol–water partition coefficient (Wildman–Crippen LogP) is 1.83. The highest BCUT2D eigenvalue weighted by molar-refractivity contribution is 7.89. The van der Waals surface area contributed by atoms with E-state index in [-0.39, 0.29) is 5.25 Å². The van der Waals surface area contributed by atoms with Gasteiger partial charge in [-0.15, -0.1) is 0 Å². The first-order chi connectivity index (χ1) is 10.9. The van der Waals surface area contributed by atoms with Crippen molar-refractivity contribution in [2.75, 3.05) is 13.1 Å². The maximum atomic E-state index is 12.4. The van der Waals surface area contributed by atoms with Crippen LogP contribution in [0.1, 0.15) is 46.1 Å². The molecule has 2 atom stereocenters. The van der Waals surface area contributed by atoms with Gasteiger partial charge >= 0.3 is 0 Å². The summed E-state index contributed by atoms with van der Waals surface area (Å²) in [6, 6.07) is 0.364. The van der Waals surface area contributed by atoms with E-state index in [2.05, 4.69) is 30.5 Å². The van der Waals surface area contributed by atoms with Crippen LogP contribution in [0.15, 0.2) is 12.4 Å². The van der Waals surface area contributed by atoms with E-state index < -0.39 is 10.0 Å². The average Bonchev–Trinajstić information content (AvgIpc) is 3.00. The molecule has 1 aromatic rings. The van der Waals surface area contributed by atoms with Crippen molar-refractivity contribution in [2.45, 2.75) is 64.9 Å². The maximum Gasteiger partial charge on any atom is 0.216 e. The molecule has 1 fully saturated rings. The second-order valence-corrected chi connectivity index (χ2v) is 9.09. The molecule has 1 saturated heterocycles. The smallest absolute Gasteiger partial charge is 0.216 e. The van der Waals surface area contributed by atoms with Gasteiger partial charge in [-0.25, -0.2) is 12.7 Å². The molecule has 0 saturated carbocycles. The van der Waals surface area contributed by atoms with Gasteiger partial charge in [0.2, 0.25) is 10.0 Å². The zero-order chi connectivity index (χ0) is 17.0. The van der Waals surface area contributed by atoms with Crippen molar-refractivity contribution < 1.29 is 8.42 Å². The van der Waals surface area contributed by atoms with Gasteiger partial charge < -0.3 is 5.32 Å². The summed E-state index contributed by atoms with van der Waals surface area (Å²) in [6.07, 6.45) is 5.81. The molecule has 132 valence electrons. The molecule has 0 bridgehead atoms. The number of piperidine rings is 1. The highest BCUT2D eigenvalue weighted by atomic mass is 32.2. The quantitative estimate of drug-likeness (QED) is 0.821. The van der Waals surface area contributed by atoms with E-state index in [0.29, 0.717) is 25.0 Å². The lowest BCUT2D eigenvalue weighted by Gasteiger charge is -2.38. The minimum Gasteiger partial charge on any atom is -0.309 e. The summed E-state index contributed by atoms with van der Waals surface area (Å²) in [7, 11) is -3.14. The third-order valence-electron chi connectivity index (χ3n) is 4.76. The minimum absolute atomic E-state index is 0.343. The number of nitrogens with one attached hydrogen (secondary N) is 1. The zero-order valence-corrected chi connectivity index (χ0v) is 15.5. The van der Waals surface area contributed by atoms with Crippen LogP contribution < -0.4 is 5.32 Å². The Kier molecular flexibility index (Phi) is 6.22. The number of hydrogen-bond donors (Lipinski definition) is 1. The van der Waals surface area contributed by atoms with Crippen molar-refractivity contribution in [3.63, 3.8) is 0 Å². The van der Waals surface area contributed by atoms with Crippen molar-refractivity contribution in [3.8, 4) is 0 Å². The summed E-state index contributed by atoms with van der Waals surface area (Å²) >= 11 is 0. The third kappa shape index (κ3) is 4.33. The Morgan fingerprint density at radius 3 is 2.70 bits per heavy atom. The fourth-order valence-corrected chi connectivity index (χ4v) is 4.49. The van der Waals surface area contributed by atoms with E-state index in [1.165, 1.54) is 5.56 Å². The summed E-state index contributed by atoms with van der Waals surface area (Å²) in [5.74, 6) is 0.360. The molecule has 1 aromatic heterocycles. The van der Waals surface area contributed by atoms with Crippen LogP contribution in [-0.2, 0) is 23.1 Å². The van der Waals surface area contributed by atoms with Crippen LogP contribution >= 0.6 is 0 Å². The summed E-state index contributed by atoms with van der Waals surface area (Å²) in [6.45, 7) is 10.6. The Hall–Kier alpha value is -0.920. The van der Waals surface area contributed by atoms with Crippen LogP contribution in [0.25, 0.3) is 0 Å². The van der Waals surface area contributed by atoms with Crippen molar-refractivity contribution in [1.29, 1.82) is 0 Å². The molecule has 0 aromatic carbocycles. The van der Waals surface area contributed by atoms with E-state index in [1.54, 1.807) is 18.2 Å². The van der Waals surface area contributed by atoms with E-state index in [4.69, 9.17) is 0 Å². The van der Waals surface area contributed by atoms with Gasteiger partial charge in [-0.2, -0.15) is 5.10 Å². The largest absolute Gasteiger partial charge is 0.309 e. The molecule has 6 nitrogen and oxygen atoms in total. The molecule has 1 N–H and O–H groups in total. The molecule has 2 heterocycles. The highest BCUT2D eigenvalue weighted by Crippen LogP contribution is 2.24. The van der Waals surface area contributed by atoms with Crippen LogP contribution in [0.4, 0.5) is 0 Å². The zero-order valence-electron chi connectivity index (χ0n) is 14.7. The lowest BCUT2D eigenvalue weighted by molar-refractivity contribution is 0.200. The van der Waals surface area contributed by atoms with Crippen LogP contribution in [-0.4, -0.2) is 46.9 Å². The molecular weight excluding hydrogens is 312 g/mol. The predicted molar refractivity (Wildman–Crippen MR) is 92.6 cm³/mol. The molecule has 0 spiro atoms. The van der Waals surface area contributed by atoms with Crippen LogP contribution in [0.2, 0.25) is 0 Å². The normalized spacial score (nSPS) is 23.5. The van der Waals surface area contributed by atoms with Crippen LogP contribution in [0.5, 0.6) is 0 Å². The van der Waals surface area contributed by atoms with Gasteiger partial charge in [-0.05, 0) is 33.1 Å². The highest BCUT2D eigenvalue weighted by Gasteiger charge is 2.34. The van der Waals surface area contributed by atoms with Gasteiger partial charge in [0.1, 0.15) is 0 Å². The molecule has 0 amide bonds. The lowest BCUT2D eigenvalue weighted by atomic mass is 9.91. The minimum atomic E-state index is -3.14. The summed E-state index contributed by atoms with van der Waals surface area (Å²) < 4.78 is 28.3. The Balaban J connectivity index is 1.94. The average molecular weight is 343 g/mol. The first-order valence-corrected chi connectivity index (χ1v) is 10.1. The summed E-state index contributed by atoms with van der Waals surface area (Å²) in [5, 5.41) is 7.55. The Labute approximate surface area is 140 Å². The van der Waals surface area contributed by atoms with E-state index >= 15 is 0 Å². The van der Waals surface area contributed by atoms with Gasteiger partial charge in [0.15, 0.2) is 0 Å². The second kappa shape index (κ2) is 7.77. The molecule has 0 radical (unpaired) electrons. The maximum absolute atomic E-state index is 12.4. The standard InChI is InChI=1S/C16H30N4O2S/c1-5-15-12-20(23(21,22)13(3)4)8-7-16(15)17-9-14-10-18-19(6-2)11-14/h10-11,13,15-17H,5-9,12H2,1-4H3/t15-,16+/m1/s1. The Morgan fingerprint density at radius 1 is 1.39 bits per heavy atom. The van der Waals surface area contributed by atoms with Crippen molar-refractivity contribution >= 4 is 10.0 Å². The summed E-state index contributed by atoms with van der Waals surface area (Å²) in [5.41, 5.74) is 1.18. The number of aryl methyl sites for hydroxylation is 1. The number of nitrogens with zero attached hydrogens (tertiary/aromatic N) is 3. The van der Waals surface area contributed by atoms with Gasteiger partial charge in [-0.3, -0.25) is 4.68 Å².